The minimum Gasteiger partial charge on any atom is -0.370 e. The molecule has 0 radical (unpaired) electrons. The normalized spacial score (nSPS) is 11.0. The average molecular weight is 141 g/mol. The van der Waals surface area contributed by atoms with E-state index >= 15 is 0 Å². The smallest absolute Gasteiger partial charge is 0.322 e. The molecule has 0 spiro atoms. The third-order valence-corrected chi connectivity index (χ3v) is 1.23. The molecule has 0 fully saturated rings. The molecule has 3 nitrogen and oxygen atoms in total. The van der Waals surface area contributed by atoms with Crippen LogP contribution in [0.15, 0.2) is 0 Å². The van der Waals surface area contributed by atoms with Gasteiger partial charge >= 0.3 is 5.97 Å². The number of hydrogen-bond donors (Lipinski definition) is 1. The van der Waals surface area contributed by atoms with Gasteiger partial charge in [0.25, 0.3) is 0 Å². The molecule has 0 aromatic heterocycles. The van der Waals surface area contributed by atoms with Crippen molar-refractivity contribution in [1.29, 1.82) is 0 Å². The Morgan fingerprint density at radius 2 is 2.40 bits per heavy atom. The van der Waals surface area contributed by atoms with Gasteiger partial charge < -0.3 is 10.5 Å². The maximum Gasteiger partial charge on any atom is 0.322 e. The summed E-state index contributed by atoms with van der Waals surface area (Å²) in [6.07, 6.45) is 2.80. The molecule has 0 aliphatic heterocycles. The fourth-order valence-corrected chi connectivity index (χ4v) is 0.347. The fraction of sp³-hybridized carbons (Fsp3) is 0.571. The standard InChI is InChI=1S/C7H11NO2/c1-3-6(2)7(9)10-5-4-8/h6H,3,8H2,1-2H3. The van der Waals surface area contributed by atoms with Crippen LogP contribution in [0, 0.1) is 18.1 Å². The number of hydrogen-bond acceptors (Lipinski definition) is 3. The molecule has 0 heterocycles. The van der Waals surface area contributed by atoms with Gasteiger partial charge in [0.2, 0.25) is 0 Å². The third-order valence-electron chi connectivity index (χ3n) is 1.23. The van der Waals surface area contributed by atoms with Crippen molar-refractivity contribution in [1.82, 2.24) is 0 Å². The molecule has 0 aromatic rings. The highest BCUT2D eigenvalue weighted by atomic mass is 16.5. The predicted octanol–water partition coefficient (Wildman–Crippen LogP) is 0.453. The molecule has 3 heteroatoms. The van der Waals surface area contributed by atoms with Crippen LogP contribution in [0.5, 0.6) is 0 Å². The third kappa shape index (κ3) is 2.98. The van der Waals surface area contributed by atoms with E-state index in [9.17, 15) is 4.79 Å². The van der Waals surface area contributed by atoms with Gasteiger partial charge in [-0.1, -0.05) is 13.8 Å². The molecule has 1 unspecified atom stereocenters. The Morgan fingerprint density at radius 1 is 1.80 bits per heavy atom. The van der Waals surface area contributed by atoms with E-state index < -0.39 is 0 Å². The second-order valence-corrected chi connectivity index (χ2v) is 1.98. The number of carbonyl (C=O) groups is 1. The molecule has 0 saturated heterocycles. The molecule has 0 rings (SSSR count). The highest BCUT2D eigenvalue weighted by Gasteiger charge is 2.10. The lowest BCUT2D eigenvalue weighted by molar-refractivity contribution is -0.140. The summed E-state index contributed by atoms with van der Waals surface area (Å²) in [4.78, 5) is 10.8. The van der Waals surface area contributed by atoms with Crippen LogP contribution >= 0.6 is 0 Å². The summed E-state index contributed by atoms with van der Waals surface area (Å²) in [5.41, 5.74) is 4.78. The highest BCUT2D eigenvalue weighted by molar-refractivity contribution is 5.72. The summed E-state index contributed by atoms with van der Waals surface area (Å²) in [7, 11) is 0. The molecule has 10 heavy (non-hydrogen) atoms. The minimum absolute atomic E-state index is 0.0964. The van der Waals surface area contributed by atoms with Gasteiger partial charge in [0.1, 0.15) is 6.11 Å². The Labute approximate surface area is 60.5 Å². The second kappa shape index (κ2) is 4.68. The summed E-state index contributed by atoms with van der Waals surface area (Å²) in [6.45, 7) is 3.68. The quantitative estimate of drug-likeness (QED) is 0.345. The van der Waals surface area contributed by atoms with Crippen LogP contribution in [0.4, 0.5) is 0 Å². The van der Waals surface area contributed by atoms with E-state index in [-0.39, 0.29) is 11.9 Å². The van der Waals surface area contributed by atoms with Crippen molar-refractivity contribution < 1.29 is 9.53 Å². The van der Waals surface area contributed by atoms with Gasteiger partial charge in [-0.05, 0) is 6.42 Å². The molecule has 0 aliphatic rings. The van der Waals surface area contributed by atoms with Crippen molar-refractivity contribution in [3.05, 3.63) is 0 Å². The van der Waals surface area contributed by atoms with Gasteiger partial charge in [-0.2, -0.15) is 0 Å². The molecular formula is C7H11NO2. The lowest BCUT2D eigenvalue weighted by atomic mass is 10.1. The van der Waals surface area contributed by atoms with Crippen molar-refractivity contribution >= 4 is 5.97 Å². The van der Waals surface area contributed by atoms with Gasteiger partial charge in [0, 0.05) is 6.04 Å². The number of ether oxygens (including phenoxy) is 1. The zero-order chi connectivity index (χ0) is 7.98. The first-order valence-corrected chi connectivity index (χ1v) is 3.13. The van der Waals surface area contributed by atoms with Crippen molar-refractivity contribution in [2.45, 2.75) is 20.3 Å². The van der Waals surface area contributed by atoms with Gasteiger partial charge in [0.05, 0.1) is 5.92 Å². The fourth-order valence-electron chi connectivity index (χ4n) is 0.347. The molecule has 0 amide bonds. The first-order valence-electron chi connectivity index (χ1n) is 3.13. The Bertz CT molecular complexity index is 166. The first-order chi connectivity index (χ1) is 4.72. The molecule has 1 atom stereocenters. The van der Waals surface area contributed by atoms with Gasteiger partial charge in [-0.3, -0.25) is 4.79 Å². The van der Waals surface area contributed by atoms with Crippen LogP contribution in [0.2, 0.25) is 0 Å². The lowest BCUT2D eigenvalue weighted by Crippen LogP contribution is -2.11. The summed E-state index contributed by atoms with van der Waals surface area (Å²) in [5.74, 6) is -0.415. The van der Waals surface area contributed by atoms with E-state index in [4.69, 9.17) is 5.73 Å². The minimum atomic E-state index is -0.319. The molecule has 0 bridgehead atoms. The second-order valence-electron chi connectivity index (χ2n) is 1.98. The lowest BCUT2D eigenvalue weighted by Gasteiger charge is -2.01. The molecule has 0 aliphatic carbocycles. The monoisotopic (exact) mass is 141 g/mol. The van der Waals surface area contributed by atoms with Crippen LogP contribution in [0.25, 0.3) is 0 Å². The summed E-state index contributed by atoms with van der Waals surface area (Å²) >= 11 is 0. The van der Waals surface area contributed by atoms with Gasteiger partial charge in [-0.15, -0.1) is 0 Å². The van der Waals surface area contributed by atoms with E-state index in [1.165, 1.54) is 0 Å². The largest absolute Gasteiger partial charge is 0.370 e. The number of nitrogens with two attached hydrogens (primary N) is 1. The Kier molecular flexibility index (Phi) is 4.14. The summed E-state index contributed by atoms with van der Waals surface area (Å²) < 4.78 is 4.42. The van der Waals surface area contributed by atoms with E-state index in [2.05, 4.69) is 4.74 Å². The zero-order valence-corrected chi connectivity index (χ0v) is 6.18. The molecule has 0 aromatic carbocycles. The van der Waals surface area contributed by atoms with Crippen LogP contribution < -0.4 is 5.73 Å². The zero-order valence-electron chi connectivity index (χ0n) is 6.18. The summed E-state index contributed by atoms with van der Waals surface area (Å²) in [5, 5.41) is 0. The van der Waals surface area contributed by atoms with E-state index in [0.717, 1.165) is 6.42 Å². The topological polar surface area (TPSA) is 52.3 Å². The van der Waals surface area contributed by atoms with E-state index in [0.29, 0.717) is 0 Å². The molecule has 56 valence electrons. The van der Waals surface area contributed by atoms with E-state index in [1.54, 1.807) is 6.92 Å². The van der Waals surface area contributed by atoms with Crippen molar-refractivity contribution in [3.8, 4) is 12.2 Å². The number of carbonyl (C=O) groups excluding carboxylic acids is 1. The van der Waals surface area contributed by atoms with E-state index in [1.807, 2.05) is 19.1 Å². The van der Waals surface area contributed by atoms with Crippen LogP contribution in [0.3, 0.4) is 0 Å². The van der Waals surface area contributed by atoms with Crippen LogP contribution in [0.1, 0.15) is 20.3 Å². The van der Waals surface area contributed by atoms with Gasteiger partial charge in [-0.25, -0.2) is 0 Å². The maximum atomic E-state index is 10.8. The predicted molar refractivity (Wildman–Crippen MR) is 37.5 cm³/mol. The van der Waals surface area contributed by atoms with Gasteiger partial charge in [0.15, 0.2) is 0 Å². The Hall–Kier alpha value is -1.17. The van der Waals surface area contributed by atoms with Crippen molar-refractivity contribution in [3.63, 3.8) is 0 Å². The summed E-state index contributed by atoms with van der Waals surface area (Å²) in [6, 6.07) is 1.98. The maximum absolute atomic E-state index is 10.8. The number of esters is 1. The molecule has 0 saturated carbocycles. The SMILES string of the molecule is CCC(C)C(=O)OC#CN. The van der Waals surface area contributed by atoms with Crippen molar-refractivity contribution in [2.24, 2.45) is 11.7 Å². The Morgan fingerprint density at radius 3 is 2.80 bits per heavy atom. The number of rotatable bonds is 2. The molecular weight excluding hydrogens is 130 g/mol. The molecule has 2 N–H and O–H groups in total. The average Bonchev–Trinajstić information content (AvgIpc) is 1.98. The Balaban J connectivity index is 3.69. The first kappa shape index (κ1) is 8.83. The van der Waals surface area contributed by atoms with Crippen molar-refractivity contribution in [2.75, 3.05) is 0 Å². The highest BCUT2D eigenvalue weighted by Crippen LogP contribution is 2.01. The van der Waals surface area contributed by atoms with Crippen LogP contribution in [-0.4, -0.2) is 5.97 Å². The van der Waals surface area contributed by atoms with Crippen LogP contribution in [-0.2, 0) is 9.53 Å².